The Morgan fingerprint density at radius 1 is 1.39 bits per heavy atom. The molecule has 0 saturated carbocycles. The van der Waals surface area contributed by atoms with Gasteiger partial charge in [-0.1, -0.05) is 25.4 Å². The number of carbonyl (C=O) groups is 1. The van der Waals surface area contributed by atoms with Crippen molar-refractivity contribution in [3.05, 3.63) is 22.7 Å². The first-order valence-corrected chi connectivity index (χ1v) is 6.34. The van der Waals surface area contributed by atoms with E-state index < -0.39 is 5.91 Å². The fourth-order valence-electron chi connectivity index (χ4n) is 1.98. The average Bonchev–Trinajstić information content (AvgIpc) is 2.20. The highest BCUT2D eigenvalue weighted by molar-refractivity contribution is 6.34. The molecule has 0 aliphatic heterocycles. The average molecular weight is 270 g/mol. The molecule has 100 valence electrons. The van der Waals surface area contributed by atoms with Crippen molar-refractivity contribution in [1.29, 1.82) is 0 Å². The van der Waals surface area contributed by atoms with E-state index in [-0.39, 0.29) is 6.04 Å². The van der Waals surface area contributed by atoms with Gasteiger partial charge >= 0.3 is 0 Å². The van der Waals surface area contributed by atoms with Crippen LogP contribution in [0, 0.1) is 5.92 Å². The number of nitrogens with two attached hydrogens (primary N) is 2. The Balaban J connectivity index is 3.03. The van der Waals surface area contributed by atoms with Crippen LogP contribution in [0.15, 0.2) is 12.1 Å². The zero-order valence-corrected chi connectivity index (χ0v) is 11.7. The number of primary amides is 1. The topological polar surface area (TPSA) is 81.1 Å². The molecule has 5 heteroatoms. The maximum Gasteiger partial charge on any atom is 0.250 e. The van der Waals surface area contributed by atoms with Gasteiger partial charge in [0.05, 0.1) is 16.3 Å². The zero-order chi connectivity index (χ0) is 13.9. The van der Waals surface area contributed by atoms with E-state index in [1.165, 1.54) is 0 Å². The van der Waals surface area contributed by atoms with Crippen molar-refractivity contribution in [3.63, 3.8) is 0 Å². The SMILES string of the molecule is CC(C)CC(C)Nc1c(Cl)cc(N)cc1C(N)=O. The van der Waals surface area contributed by atoms with Crippen molar-refractivity contribution in [2.75, 3.05) is 11.1 Å². The van der Waals surface area contributed by atoms with E-state index in [0.717, 1.165) is 6.42 Å². The molecule has 0 heterocycles. The molecule has 4 nitrogen and oxygen atoms in total. The quantitative estimate of drug-likeness (QED) is 0.719. The molecule has 1 unspecified atom stereocenters. The smallest absolute Gasteiger partial charge is 0.250 e. The largest absolute Gasteiger partial charge is 0.399 e. The number of nitrogen functional groups attached to an aromatic ring is 1. The van der Waals surface area contributed by atoms with Crippen LogP contribution in [0.3, 0.4) is 0 Å². The molecular weight excluding hydrogens is 250 g/mol. The van der Waals surface area contributed by atoms with Crippen molar-refractivity contribution in [2.24, 2.45) is 11.7 Å². The van der Waals surface area contributed by atoms with Crippen LogP contribution in [-0.4, -0.2) is 11.9 Å². The first-order chi connectivity index (χ1) is 8.31. The summed E-state index contributed by atoms with van der Waals surface area (Å²) >= 11 is 6.11. The molecule has 1 aromatic carbocycles. The highest BCUT2D eigenvalue weighted by atomic mass is 35.5. The Bertz CT molecular complexity index is 446. The lowest BCUT2D eigenvalue weighted by Gasteiger charge is -2.20. The van der Waals surface area contributed by atoms with Gasteiger partial charge in [0, 0.05) is 11.7 Å². The second kappa shape index (κ2) is 5.96. The molecule has 5 N–H and O–H groups in total. The van der Waals surface area contributed by atoms with Crippen molar-refractivity contribution in [1.82, 2.24) is 0 Å². The number of rotatable bonds is 5. The maximum atomic E-state index is 11.4. The van der Waals surface area contributed by atoms with Crippen molar-refractivity contribution in [2.45, 2.75) is 33.2 Å². The molecule has 1 atom stereocenters. The van der Waals surface area contributed by atoms with E-state index in [1.54, 1.807) is 12.1 Å². The minimum atomic E-state index is -0.538. The van der Waals surface area contributed by atoms with Crippen LogP contribution in [0.4, 0.5) is 11.4 Å². The Morgan fingerprint density at radius 2 is 2.00 bits per heavy atom. The molecular formula is C13H20ClN3O. The van der Waals surface area contributed by atoms with Crippen LogP contribution in [0.1, 0.15) is 37.6 Å². The van der Waals surface area contributed by atoms with E-state index in [4.69, 9.17) is 23.1 Å². The minimum Gasteiger partial charge on any atom is -0.399 e. The van der Waals surface area contributed by atoms with Gasteiger partial charge in [-0.25, -0.2) is 0 Å². The van der Waals surface area contributed by atoms with E-state index in [1.807, 2.05) is 6.92 Å². The summed E-state index contributed by atoms with van der Waals surface area (Å²) < 4.78 is 0. The monoisotopic (exact) mass is 269 g/mol. The normalized spacial score (nSPS) is 12.5. The molecule has 1 aromatic rings. The molecule has 0 fully saturated rings. The third kappa shape index (κ3) is 3.81. The summed E-state index contributed by atoms with van der Waals surface area (Å²) in [5, 5.41) is 3.65. The van der Waals surface area contributed by atoms with Crippen molar-refractivity contribution >= 4 is 28.9 Å². The number of carbonyl (C=O) groups excluding carboxylic acids is 1. The van der Waals surface area contributed by atoms with Crippen LogP contribution in [0.25, 0.3) is 0 Å². The van der Waals surface area contributed by atoms with E-state index >= 15 is 0 Å². The van der Waals surface area contributed by atoms with Crippen LogP contribution >= 0.6 is 11.6 Å². The molecule has 1 rings (SSSR count). The van der Waals surface area contributed by atoms with Crippen LogP contribution < -0.4 is 16.8 Å². The zero-order valence-electron chi connectivity index (χ0n) is 11.0. The first kappa shape index (κ1) is 14.6. The van der Waals surface area contributed by atoms with Gasteiger partial charge in [0.1, 0.15) is 0 Å². The summed E-state index contributed by atoms with van der Waals surface area (Å²) in [5.41, 5.74) is 12.3. The van der Waals surface area contributed by atoms with Crippen LogP contribution in [0.5, 0.6) is 0 Å². The predicted molar refractivity (Wildman–Crippen MR) is 76.9 cm³/mol. The fourth-order valence-corrected chi connectivity index (χ4v) is 2.26. The molecule has 18 heavy (non-hydrogen) atoms. The molecule has 0 bridgehead atoms. The molecule has 0 aliphatic rings. The van der Waals surface area contributed by atoms with Gasteiger partial charge in [-0.15, -0.1) is 0 Å². The number of hydrogen-bond acceptors (Lipinski definition) is 3. The van der Waals surface area contributed by atoms with Gasteiger partial charge in [-0.3, -0.25) is 4.79 Å². The lowest BCUT2D eigenvalue weighted by molar-refractivity contribution is 0.100. The molecule has 0 aliphatic carbocycles. The van der Waals surface area contributed by atoms with Gasteiger partial charge in [0.2, 0.25) is 0 Å². The minimum absolute atomic E-state index is 0.198. The standard InChI is InChI=1S/C13H20ClN3O/c1-7(2)4-8(3)17-12-10(13(16)18)5-9(15)6-11(12)14/h5-8,17H,4,15H2,1-3H3,(H2,16,18). The highest BCUT2D eigenvalue weighted by Crippen LogP contribution is 2.30. The number of hydrogen-bond donors (Lipinski definition) is 3. The molecule has 0 spiro atoms. The van der Waals surface area contributed by atoms with E-state index in [9.17, 15) is 4.79 Å². The summed E-state index contributed by atoms with van der Waals surface area (Å²) in [6, 6.07) is 3.35. The Morgan fingerprint density at radius 3 is 2.50 bits per heavy atom. The second-order valence-corrected chi connectivity index (χ2v) is 5.37. The maximum absolute atomic E-state index is 11.4. The lowest BCUT2D eigenvalue weighted by atomic mass is 10.0. The van der Waals surface area contributed by atoms with E-state index in [2.05, 4.69) is 19.2 Å². The molecule has 0 saturated heterocycles. The van der Waals surface area contributed by atoms with Gasteiger partial charge in [-0.05, 0) is 31.4 Å². The summed E-state index contributed by atoms with van der Waals surface area (Å²) in [6.07, 6.45) is 0.971. The van der Waals surface area contributed by atoms with Crippen molar-refractivity contribution in [3.8, 4) is 0 Å². The summed E-state index contributed by atoms with van der Waals surface area (Å²) in [6.45, 7) is 6.31. The molecule has 1 amide bonds. The number of amides is 1. The van der Waals surface area contributed by atoms with Gasteiger partial charge in [0.15, 0.2) is 0 Å². The summed E-state index contributed by atoms with van der Waals surface area (Å²) in [4.78, 5) is 11.4. The Labute approximate surface area is 113 Å². The van der Waals surface area contributed by atoms with Gasteiger partial charge in [0.25, 0.3) is 5.91 Å². The number of halogens is 1. The van der Waals surface area contributed by atoms with Crippen LogP contribution in [0.2, 0.25) is 5.02 Å². The Kier molecular flexibility index (Phi) is 4.84. The number of nitrogens with one attached hydrogen (secondary N) is 1. The van der Waals surface area contributed by atoms with Gasteiger partial charge < -0.3 is 16.8 Å². The van der Waals surface area contributed by atoms with Crippen LogP contribution in [-0.2, 0) is 0 Å². The molecule has 0 aromatic heterocycles. The molecule has 0 radical (unpaired) electrons. The highest BCUT2D eigenvalue weighted by Gasteiger charge is 2.15. The van der Waals surface area contributed by atoms with Crippen molar-refractivity contribution < 1.29 is 4.79 Å². The van der Waals surface area contributed by atoms with Gasteiger partial charge in [-0.2, -0.15) is 0 Å². The number of benzene rings is 1. The van der Waals surface area contributed by atoms with E-state index in [0.29, 0.717) is 27.9 Å². The Hall–Kier alpha value is -1.42. The summed E-state index contributed by atoms with van der Waals surface area (Å²) in [5.74, 6) is 0.0144. The summed E-state index contributed by atoms with van der Waals surface area (Å²) in [7, 11) is 0. The second-order valence-electron chi connectivity index (χ2n) is 4.96. The third-order valence-electron chi connectivity index (χ3n) is 2.59. The predicted octanol–water partition coefficient (Wildman–Crippen LogP) is 2.87. The third-order valence-corrected chi connectivity index (χ3v) is 2.89. The first-order valence-electron chi connectivity index (χ1n) is 5.96. The number of anilines is 2. The fraction of sp³-hybridized carbons (Fsp3) is 0.462. The lowest BCUT2D eigenvalue weighted by Crippen LogP contribution is -2.21.